The molecular weight excluding hydrogens is 294 g/mol. The topological polar surface area (TPSA) is 43.1 Å². The first-order chi connectivity index (χ1) is 11.8. The summed E-state index contributed by atoms with van der Waals surface area (Å²) in [5.74, 6) is -0.175. The molecule has 2 N–H and O–H groups in total. The number of carbonyl (C=O) groups excluding carboxylic acids is 1. The molecule has 0 unspecified atom stereocenters. The lowest BCUT2D eigenvalue weighted by atomic mass is 10.0. The van der Waals surface area contributed by atoms with E-state index in [0.29, 0.717) is 6.42 Å². The molecule has 0 spiro atoms. The Morgan fingerprint density at radius 1 is 0.625 bits per heavy atom. The predicted octanol–water partition coefficient (Wildman–Crippen LogP) is 7.07. The van der Waals surface area contributed by atoms with Crippen LogP contribution >= 0.6 is 0 Å². The maximum absolute atomic E-state index is 10.6. The summed E-state index contributed by atoms with van der Waals surface area (Å²) in [5, 5.41) is 0. The van der Waals surface area contributed by atoms with Gasteiger partial charge in [-0.25, -0.2) is 0 Å². The van der Waals surface area contributed by atoms with Gasteiger partial charge in [-0.2, -0.15) is 0 Å². The second kappa shape index (κ2) is 20.3. The Bertz CT molecular complexity index is 286. The number of unbranched alkanes of at least 4 members (excludes halogenated alkanes) is 15. The highest BCUT2D eigenvalue weighted by Gasteiger charge is 1.94. The number of rotatable bonds is 19. The van der Waals surface area contributed by atoms with Gasteiger partial charge in [-0.3, -0.25) is 4.79 Å². The first-order valence-corrected chi connectivity index (χ1v) is 10.7. The Hall–Kier alpha value is -0.790. The monoisotopic (exact) mass is 337 g/mol. The third-order valence-electron chi connectivity index (χ3n) is 4.68. The quantitative estimate of drug-likeness (QED) is 0.199. The summed E-state index contributed by atoms with van der Waals surface area (Å²) in [5.41, 5.74) is 5.11. The van der Waals surface area contributed by atoms with Gasteiger partial charge in [-0.1, -0.05) is 96.1 Å². The molecule has 142 valence electrons. The SMILES string of the molecule is CCCCCCCCCCCCCCC/C=C\CCCCC(N)=O. The summed E-state index contributed by atoms with van der Waals surface area (Å²) in [6, 6.07) is 0. The van der Waals surface area contributed by atoms with Gasteiger partial charge in [0.05, 0.1) is 0 Å². The van der Waals surface area contributed by atoms with E-state index in [4.69, 9.17) is 5.73 Å². The fourth-order valence-corrected chi connectivity index (χ4v) is 3.08. The molecule has 0 radical (unpaired) electrons. The summed E-state index contributed by atoms with van der Waals surface area (Å²) in [7, 11) is 0. The molecule has 0 aliphatic rings. The highest BCUT2D eigenvalue weighted by atomic mass is 16.1. The molecule has 0 aromatic carbocycles. The fourth-order valence-electron chi connectivity index (χ4n) is 3.08. The van der Waals surface area contributed by atoms with Gasteiger partial charge >= 0.3 is 0 Å². The largest absolute Gasteiger partial charge is 0.370 e. The number of allylic oxidation sites excluding steroid dienone is 2. The summed E-state index contributed by atoms with van der Waals surface area (Å²) in [6.45, 7) is 2.28. The van der Waals surface area contributed by atoms with Crippen molar-refractivity contribution in [3.05, 3.63) is 12.2 Å². The normalized spacial score (nSPS) is 11.4. The van der Waals surface area contributed by atoms with E-state index in [-0.39, 0.29) is 5.91 Å². The summed E-state index contributed by atoms with van der Waals surface area (Å²) < 4.78 is 0. The van der Waals surface area contributed by atoms with Crippen molar-refractivity contribution < 1.29 is 4.79 Å². The number of hydrogen-bond acceptors (Lipinski definition) is 1. The highest BCUT2D eigenvalue weighted by molar-refractivity contribution is 5.73. The molecule has 0 saturated carbocycles. The number of carbonyl (C=O) groups is 1. The predicted molar refractivity (Wildman–Crippen MR) is 107 cm³/mol. The van der Waals surface area contributed by atoms with Gasteiger partial charge in [-0.15, -0.1) is 0 Å². The van der Waals surface area contributed by atoms with Crippen molar-refractivity contribution in [2.75, 3.05) is 0 Å². The van der Waals surface area contributed by atoms with Gasteiger partial charge < -0.3 is 5.73 Å². The van der Waals surface area contributed by atoms with Crippen LogP contribution in [0.2, 0.25) is 0 Å². The minimum Gasteiger partial charge on any atom is -0.370 e. The van der Waals surface area contributed by atoms with Crippen LogP contribution in [0, 0.1) is 0 Å². The van der Waals surface area contributed by atoms with Gasteiger partial charge in [0.1, 0.15) is 0 Å². The van der Waals surface area contributed by atoms with Crippen molar-refractivity contribution in [3.8, 4) is 0 Å². The summed E-state index contributed by atoms with van der Waals surface area (Å²) in [4.78, 5) is 10.6. The number of amides is 1. The van der Waals surface area contributed by atoms with Crippen molar-refractivity contribution in [2.45, 2.75) is 122 Å². The van der Waals surface area contributed by atoms with Gasteiger partial charge in [-0.05, 0) is 32.1 Å². The van der Waals surface area contributed by atoms with E-state index in [1.165, 1.54) is 89.9 Å². The van der Waals surface area contributed by atoms with Gasteiger partial charge in [0.2, 0.25) is 5.91 Å². The highest BCUT2D eigenvalue weighted by Crippen LogP contribution is 2.13. The lowest BCUT2D eigenvalue weighted by Crippen LogP contribution is -2.09. The molecule has 0 aromatic heterocycles. The first kappa shape index (κ1) is 23.2. The number of primary amides is 1. The molecule has 0 saturated heterocycles. The Morgan fingerprint density at radius 2 is 1.00 bits per heavy atom. The third-order valence-corrected chi connectivity index (χ3v) is 4.68. The van der Waals surface area contributed by atoms with Gasteiger partial charge in [0.15, 0.2) is 0 Å². The minimum absolute atomic E-state index is 0.175. The zero-order valence-corrected chi connectivity index (χ0v) is 16.4. The van der Waals surface area contributed by atoms with Gasteiger partial charge in [0, 0.05) is 6.42 Å². The van der Waals surface area contributed by atoms with Crippen LogP contribution in [0.1, 0.15) is 122 Å². The molecule has 24 heavy (non-hydrogen) atoms. The summed E-state index contributed by atoms with van der Waals surface area (Å²) >= 11 is 0. The molecule has 0 aliphatic heterocycles. The van der Waals surface area contributed by atoms with Crippen LogP contribution in [0.15, 0.2) is 12.2 Å². The van der Waals surface area contributed by atoms with E-state index in [2.05, 4.69) is 19.1 Å². The van der Waals surface area contributed by atoms with E-state index < -0.39 is 0 Å². The molecule has 0 aromatic rings. The lowest BCUT2D eigenvalue weighted by molar-refractivity contribution is -0.118. The maximum Gasteiger partial charge on any atom is 0.217 e. The van der Waals surface area contributed by atoms with Crippen molar-refractivity contribution in [3.63, 3.8) is 0 Å². The van der Waals surface area contributed by atoms with Crippen LogP contribution < -0.4 is 5.73 Å². The molecule has 2 heteroatoms. The minimum atomic E-state index is -0.175. The van der Waals surface area contributed by atoms with Crippen LogP contribution in [0.3, 0.4) is 0 Å². The van der Waals surface area contributed by atoms with Crippen molar-refractivity contribution in [1.82, 2.24) is 0 Å². The second-order valence-corrected chi connectivity index (χ2v) is 7.21. The second-order valence-electron chi connectivity index (χ2n) is 7.21. The number of hydrogen-bond donors (Lipinski definition) is 1. The van der Waals surface area contributed by atoms with Crippen LogP contribution in [-0.2, 0) is 4.79 Å². The number of nitrogens with two attached hydrogens (primary N) is 1. The standard InChI is InChI=1S/C22H43NO/c1-2-3-4-5-6-7-8-9-10-11-12-13-14-15-16-17-18-19-20-21-22(23)24/h16-17H,2-15,18-21H2,1H3,(H2,23,24)/b17-16-. The maximum atomic E-state index is 10.6. The molecule has 0 atom stereocenters. The van der Waals surface area contributed by atoms with Crippen molar-refractivity contribution in [1.29, 1.82) is 0 Å². The smallest absolute Gasteiger partial charge is 0.217 e. The molecule has 0 fully saturated rings. The molecule has 1 amide bonds. The molecule has 2 nitrogen and oxygen atoms in total. The first-order valence-electron chi connectivity index (χ1n) is 10.7. The van der Waals surface area contributed by atoms with Crippen LogP contribution in [0.25, 0.3) is 0 Å². The van der Waals surface area contributed by atoms with Crippen LogP contribution in [-0.4, -0.2) is 5.91 Å². The average molecular weight is 338 g/mol. The van der Waals surface area contributed by atoms with Crippen LogP contribution in [0.4, 0.5) is 0 Å². The molecule has 0 heterocycles. The van der Waals surface area contributed by atoms with Crippen molar-refractivity contribution >= 4 is 5.91 Å². The molecule has 0 rings (SSSR count). The van der Waals surface area contributed by atoms with E-state index in [1.54, 1.807) is 0 Å². The van der Waals surface area contributed by atoms with Crippen LogP contribution in [0.5, 0.6) is 0 Å². The Kier molecular flexibility index (Phi) is 19.6. The van der Waals surface area contributed by atoms with E-state index in [1.807, 2.05) is 0 Å². The Balaban J connectivity index is 3.05. The zero-order valence-electron chi connectivity index (χ0n) is 16.4. The fraction of sp³-hybridized carbons (Fsp3) is 0.864. The molecule has 0 bridgehead atoms. The van der Waals surface area contributed by atoms with E-state index >= 15 is 0 Å². The Labute approximate surface area is 151 Å². The van der Waals surface area contributed by atoms with Crippen molar-refractivity contribution in [2.24, 2.45) is 5.73 Å². The van der Waals surface area contributed by atoms with E-state index in [0.717, 1.165) is 19.3 Å². The Morgan fingerprint density at radius 3 is 1.42 bits per heavy atom. The summed E-state index contributed by atoms with van der Waals surface area (Å²) in [6.07, 6.45) is 27.9. The molecular formula is C22H43NO. The zero-order chi connectivity index (χ0) is 17.7. The van der Waals surface area contributed by atoms with E-state index in [9.17, 15) is 4.79 Å². The lowest BCUT2D eigenvalue weighted by Gasteiger charge is -2.02. The average Bonchev–Trinajstić information content (AvgIpc) is 2.56. The third kappa shape index (κ3) is 21.2. The van der Waals surface area contributed by atoms with Gasteiger partial charge in [0.25, 0.3) is 0 Å². The molecule has 0 aliphatic carbocycles.